The van der Waals surface area contributed by atoms with E-state index in [0.29, 0.717) is 32.1 Å². The van der Waals surface area contributed by atoms with Crippen molar-refractivity contribution in [3.05, 3.63) is 34.4 Å². The maximum Gasteiger partial charge on any atom is 0.149 e. The van der Waals surface area contributed by atoms with E-state index in [1.807, 2.05) is 0 Å². The Bertz CT molecular complexity index is 524. The van der Waals surface area contributed by atoms with Crippen LogP contribution >= 0.6 is 11.6 Å². The number of alkyl halides is 1. The molecule has 5 heteroatoms. The minimum Gasteiger partial charge on any atom is -0.323 e. The lowest BCUT2D eigenvalue weighted by atomic mass is 9.74. The normalized spacial score (nSPS) is 34.8. The lowest BCUT2D eigenvalue weighted by Gasteiger charge is -2.33. The molecule has 2 aliphatic carbocycles. The summed E-state index contributed by atoms with van der Waals surface area (Å²) in [4.78, 5) is 0. The maximum absolute atomic E-state index is 14.2. The molecule has 2 aliphatic rings. The van der Waals surface area contributed by atoms with Crippen LogP contribution in [0.5, 0.6) is 0 Å². The van der Waals surface area contributed by atoms with Crippen molar-refractivity contribution in [2.24, 2.45) is 11.1 Å². The molecule has 3 rings (SSSR count). The molecule has 0 saturated heterocycles. The highest BCUT2D eigenvalue weighted by Gasteiger charge is 2.58. The first-order valence-electron chi connectivity index (χ1n) is 6.45. The van der Waals surface area contributed by atoms with Gasteiger partial charge >= 0.3 is 0 Å². The Balaban J connectivity index is 2.02. The molecule has 104 valence electrons. The fourth-order valence-electron chi connectivity index (χ4n) is 3.74. The predicted octanol–water partition coefficient (Wildman–Crippen LogP) is 4.29. The Hall–Kier alpha value is -0.740. The molecule has 2 fully saturated rings. The highest BCUT2D eigenvalue weighted by molar-refractivity contribution is 6.30. The second-order valence-electron chi connectivity index (χ2n) is 5.92. The number of benzene rings is 1. The van der Waals surface area contributed by atoms with Crippen LogP contribution < -0.4 is 5.73 Å². The molecule has 0 aromatic heterocycles. The van der Waals surface area contributed by atoms with Crippen LogP contribution in [0.3, 0.4) is 0 Å². The first-order valence-corrected chi connectivity index (χ1v) is 6.83. The topological polar surface area (TPSA) is 26.0 Å². The minimum atomic E-state index is -1.19. The number of fused-ring (bicyclic) bond motifs is 2. The van der Waals surface area contributed by atoms with Crippen molar-refractivity contribution < 1.29 is 13.2 Å². The molecule has 0 aliphatic heterocycles. The molecule has 1 aromatic carbocycles. The molecule has 2 bridgehead atoms. The second-order valence-corrected chi connectivity index (χ2v) is 6.33. The largest absolute Gasteiger partial charge is 0.323 e. The molecule has 19 heavy (non-hydrogen) atoms. The van der Waals surface area contributed by atoms with Gasteiger partial charge in [0.05, 0.1) is 5.02 Å². The van der Waals surface area contributed by atoms with E-state index in [4.69, 9.17) is 17.3 Å². The zero-order chi connectivity index (χ0) is 13.8. The molecular weight excluding hydrogens is 275 g/mol. The third kappa shape index (κ3) is 1.88. The predicted molar refractivity (Wildman–Crippen MR) is 67.7 cm³/mol. The van der Waals surface area contributed by atoms with E-state index in [1.165, 1.54) is 6.07 Å². The monoisotopic (exact) mass is 289 g/mol. The van der Waals surface area contributed by atoms with Gasteiger partial charge in [-0.25, -0.2) is 13.2 Å². The Morgan fingerprint density at radius 2 is 1.79 bits per heavy atom. The van der Waals surface area contributed by atoms with Crippen molar-refractivity contribution in [2.45, 2.75) is 43.8 Å². The van der Waals surface area contributed by atoms with E-state index in [0.717, 1.165) is 6.07 Å². The summed E-state index contributed by atoms with van der Waals surface area (Å²) < 4.78 is 42.1. The van der Waals surface area contributed by atoms with Crippen molar-refractivity contribution in [2.75, 3.05) is 0 Å². The summed E-state index contributed by atoms with van der Waals surface area (Å²) in [5.41, 5.74) is 4.18. The molecule has 2 N–H and O–H groups in total. The molecule has 0 spiro atoms. The number of rotatable bonds is 2. The van der Waals surface area contributed by atoms with Crippen LogP contribution in [0.4, 0.5) is 13.2 Å². The van der Waals surface area contributed by atoms with Crippen LogP contribution in [-0.4, -0.2) is 5.67 Å². The Morgan fingerprint density at radius 1 is 1.16 bits per heavy atom. The van der Waals surface area contributed by atoms with Gasteiger partial charge in [0.1, 0.15) is 17.3 Å². The first-order chi connectivity index (χ1) is 8.87. The molecule has 0 radical (unpaired) electrons. The molecule has 1 nitrogen and oxygen atoms in total. The van der Waals surface area contributed by atoms with E-state index in [-0.39, 0.29) is 10.6 Å². The highest BCUT2D eigenvalue weighted by Crippen LogP contribution is 2.63. The van der Waals surface area contributed by atoms with E-state index in [1.54, 1.807) is 0 Å². The first kappa shape index (κ1) is 13.3. The minimum absolute atomic E-state index is 0.147. The van der Waals surface area contributed by atoms with Crippen LogP contribution in [0.15, 0.2) is 12.1 Å². The SMILES string of the molecule is NC(c1c(F)ccc(Cl)c1F)C12CCC(F)(CC1)C2. The number of nitrogens with two attached hydrogens (primary N) is 1. The van der Waals surface area contributed by atoms with Gasteiger partial charge < -0.3 is 5.73 Å². The van der Waals surface area contributed by atoms with Crippen molar-refractivity contribution in [3.8, 4) is 0 Å². The fourth-order valence-corrected chi connectivity index (χ4v) is 3.90. The molecular formula is C14H15ClF3N. The molecule has 2 saturated carbocycles. The lowest BCUT2D eigenvalue weighted by Crippen LogP contribution is -2.32. The summed E-state index contributed by atoms with van der Waals surface area (Å²) >= 11 is 5.69. The van der Waals surface area contributed by atoms with E-state index in [9.17, 15) is 13.2 Å². The average molecular weight is 290 g/mol. The van der Waals surface area contributed by atoms with Gasteiger partial charge in [-0.1, -0.05) is 11.6 Å². The van der Waals surface area contributed by atoms with Crippen LogP contribution in [0, 0.1) is 17.0 Å². The fraction of sp³-hybridized carbons (Fsp3) is 0.571. The van der Waals surface area contributed by atoms with Gasteiger partial charge in [-0.2, -0.15) is 0 Å². The number of halogens is 4. The van der Waals surface area contributed by atoms with Gasteiger partial charge in [0.2, 0.25) is 0 Å². The standard InChI is InChI=1S/C14H15ClF3N/c15-8-1-2-9(16)10(11(8)17)12(19)13-3-5-14(18,7-13)6-4-13/h1-2,12H,3-7,19H2. The van der Waals surface area contributed by atoms with Gasteiger partial charge in [-0.05, 0) is 49.7 Å². The third-order valence-electron chi connectivity index (χ3n) is 4.86. The Kier molecular flexibility index (Phi) is 2.88. The zero-order valence-corrected chi connectivity index (χ0v) is 11.1. The van der Waals surface area contributed by atoms with Gasteiger partial charge in [-0.3, -0.25) is 0 Å². The van der Waals surface area contributed by atoms with Gasteiger partial charge in [-0.15, -0.1) is 0 Å². The number of hydrogen-bond acceptors (Lipinski definition) is 1. The van der Waals surface area contributed by atoms with Crippen molar-refractivity contribution in [3.63, 3.8) is 0 Å². The van der Waals surface area contributed by atoms with Crippen LogP contribution in [0.1, 0.15) is 43.7 Å². The molecule has 0 heterocycles. The summed E-state index contributed by atoms with van der Waals surface area (Å²) in [7, 11) is 0. The summed E-state index contributed by atoms with van der Waals surface area (Å²) in [6.07, 6.45) is 2.33. The van der Waals surface area contributed by atoms with Crippen molar-refractivity contribution >= 4 is 11.6 Å². The van der Waals surface area contributed by atoms with Gasteiger partial charge in [0.25, 0.3) is 0 Å². The molecule has 1 unspecified atom stereocenters. The highest BCUT2D eigenvalue weighted by atomic mass is 35.5. The Labute approximate surface area is 114 Å². The second kappa shape index (κ2) is 4.13. The molecule has 1 aromatic rings. The number of hydrogen-bond donors (Lipinski definition) is 1. The van der Waals surface area contributed by atoms with Crippen molar-refractivity contribution in [1.82, 2.24) is 0 Å². The summed E-state index contributed by atoms with van der Waals surface area (Å²) in [5.74, 6) is -1.51. The van der Waals surface area contributed by atoms with Crippen LogP contribution in [0.25, 0.3) is 0 Å². The van der Waals surface area contributed by atoms with Gasteiger partial charge in [0.15, 0.2) is 0 Å². The van der Waals surface area contributed by atoms with E-state index in [2.05, 4.69) is 0 Å². The lowest BCUT2D eigenvalue weighted by molar-refractivity contribution is 0.175. The zero-order valence-electron chi connectivity index (χ0n) is 10.4. The average Bonchev–Trinajstić information content (AvgIpc) is 2.89. The molecule has 0 amide bonds. The van der Waals surface area contributed by atoms with Crippen molar-refractivity contribution in [1.29, 1.82) is 0 Å². The van der Waals surface area contributed by atoms with Crippen LogP contribution in [-0.2, 0) is 0 Å². The smallest absolute Gasteiger partial charge is 0.149 e. The molecule has 1 atom stereocenters. The summed E-state index contributed by atoms with van der Waals surface area (Å²) in [6.45, 7) is 0. The maximum atomic E-state index is 14.2. The van der Waals surface area contributed by atoms with Gasteiger partial charge in [0, 0.05) is 11.6 Å². The van der Waals surface area contributed by atoms with E-state index < -0.39 is 28.8 Å². The summed E-state index contributed by atoms with van der Waals surface area (Å²) in [6, 6.07) is 1.44. The third-order valence-corrected chi connectivity index (χ3v) is 5.15. The quantitative estimate of drug-likeness (QED) is 0.808. The van der Waals surface area contributed by atoms with E-state index >= 15 is 0 Å². The summed E-state index contributed by atoms with van der Waals surface area (Å²) in [5, 5.41) is -0.147. The van der Waals surface area contributed by atoms with Crippen LogP contribution in [0.2, 0.25) is 5.02 Å². The Morgan fingerprint density at radius 3 is 2.32 bits per heavy atom.